The van der Waals surface area contributed by atoms with Crippen molar-refractivity contribution in [3.05, 3.63) is 87.8 Å². The molecule has 0 bridgehead atoms. The molecule has 1 fully saturated rings. The number of benzene rings is 3. The second-order valence-electron chi connectivity index (χ2n) is 9.41. The Balaban J connectivity index is 1.22. The number of anilines is 1. The van der Waals surface area contributed by atoms with Crippen molar-refractivity contribution in [2.45, 2.75) is 19.3 Å². The largest absolute Gasteiger partial charge is 0.422 e. The molecule has 4 aromatic rings. The molecule has 8 heteroatoms. The molecule has 6 rings (SSSR count). The number of imide groups is 1. The van der Waals surface area contributed by atoms with E-state index in [2.05, 4.69) is 10.2 Å². The predicted octanol–water partition coefficient (Wildman–Crippen LogP) is 3.96. The molecule has 186 valence electrons. The Morgan fingerprint density at radius 2 is 1.62 bits per heavy atom. The second kappa shape index (κ2) is 9.20. The van der Waals surface area contributed by atoms with E-state index in [0.717, 1.165) is 41.9 Å². The summed E-state index contributed by atoms with van der Waals surface area (Å²) in [4.78, 5) is 55.2. The lowest BCUT2D eigenvalue weighted by Crippen LogP contribution is -2.45. The van der Waals surface area contributed by atoms with Crippen LogP contribution in [0.2, 0.25) is 0 Å². The van der Waals surface area contributed by atoms with Gasteiger partial charge in [0.25, 0.3) is 17.7 Å². The SMILES string of the molecule is O=C(NCCN1C(=O)c2cccc3c(N4CCCCC4)ccc(c23)C1=O)c1cc2ccccc2oc1=O. The van der Waals surface area contributed by atoms with Gasteiger partial charge in [-0.2, -0.15) is 0 Å². The van der Waals surface area contributed by atoms with Crippen molar-refractivity contribution in [2.24, 2.45) is 0 Å². The third-order valence-corrected chi connectivity index (χ3v) is 7.17. The molecular weight excluding hydrogens is 470 g/mol. The fourth-order valence-corrected chi connectivity index (χ4v) is 5.34. The fourth-order valence-electron chi connectivity index (χ4n) is 5.34. The summed E-state index contributed by atoms with van der Waals surface area (Å²) in [5.41, 5.74) is 1.53. The Hall–Kier alpha value is -4.46. The van der Waals surface area contributed by atoms with E-state index in [9.17, 15) is 19.2 Å². The first-order valence-corrected chi connectivity index (χ1v) is 12.5. The molecule has 3 heterocycles. The number of amides is 3. The normalized spacial score (nSPS) is 15.5. The third-order valence-electron chi connectivity index (χ3n) is 7.17. The number of piperidine rings is 1. The molecule has 8 nitrogen and oxygen atoms in total. The van der Waals surface area contributed by atoms with Crippen LogP contribution in [0.5, 0.6) is 0 Å². The molecule has 0 unspecified atom stereocenters. The highest BCUT2D eigenvalue weighted by atomic mass is 16.4. The number of carbonyl (C=O) groups is 3. The summed E-state index contributed by atoms with van der Waals surface area (Å²) in [5, 5.41) is 4.87. The lowest BCUT2D eigenvalue weighted by atomic mass is 9.92. The van der Waals surface area contributed by atoms with Gasteiger partial charge in [-0.3, -0.25) is 19.3 Å². The van der Waals surface area contributed by atoms with Gasteiger partial charge in [0.05, 0.1) is 0 Å². The van der Waals surface area contributed by atoms with Crippen LogP contribution in [0.3, 0.4) is 0 Å². The molecule has 1 aromatic heterocycles. The van der Waals surface area contributed by atoms with Crippen LogP contribution in [0.15, 0.2) is 69.9 Å². The van der Waals surface area contributed by atoms with Gasteiger partial charge in [0.2, 0.25) is 0 Å². The van der Waals surface area contributed by atoms with Crippen molar-refractivity contribution in [1.82, 2.24) is 10.2 Å². The van der Waals surface area contributed by atoms with Crippen LogP contribution in [0.25, 0.3) is 21.7 Å². The number of para-hydroxylation sites is 1. The molecule has 3 amide bonds. The average molecular weight is 496 g/mol. The molecule has 0 aliphatic carbocycles. The first kappa shape index (κ1) is 23.0. The van der Waals surface area contributed by atoms with Gasteiger partial charge in [-0.1, -0.05) is 30.3 Å². The molecule has 0 spiro atoms. The van der Waals surface area contributed by atoms with Crippen molar-refractivity contribution in [3.8, 4) is 0 Å². The van der Waals surface area contributed by atoms with Gasteiger partial charge in [0.1, 0.15) is 11.1 Å². The number of nitrogens with one attached hydrogen (secondary N) is 1. The van der Waals surface area contributed by atoms with Crippen LogP contribution in [0.1, 0.15) is 50.3 Å². The average Bonchev–Trinajstić information content (AvgIpc) is 2.93. The molecule has 3 aromatic carbocycles. The van der Waals surface area contributed by atoms with E-state index in [1.807, 2.05) is 18.2 Å². The molecule has 2 aliphatic rings. The van der Waals surface area contributed by atoms with E-state index in [0.29, 0.717) is 27.5 Å². The molecule has 2 aliphatic heterocycles. The van der Waals surface area contributed by atoms with Crippen LogP contribution in [0.4, 0.5) is 5.69 Å². The number of hydrogen-bond donors (Lipinski definition) is 1. The monoisotopic (exact) mass is 495 g/mol. The van der Waals surface area contributed by atoms with Gasteiger partial charge < -0.3 is 14.6 Å². The van der Waals surface area contributed by atoms with Crippen LogP contribution >= 0.6 is 0 Å². The van der Waals surface area contributed by atoms with E-state index < -0.39 is 23.3 Å². The Kier molecular flexibility index (Phi) is 5.71. The molecule has 0 atom stereocenters. The maximum absolute atomic E-state index is 13.4. The predicted molar refractivity (Wildman–Crippen MR) is 140 cm³/mol. The number of rotatable bonds is 5. The molecule has 1 N–H and O–H groups in total. The summed E-state index contributed by atoms with van der Waals surface area (Å²) in [5.74, 6) is -1.40. The van der Waals surface area contributed by atoms with Gasteiger partial charge in [0, 0.05) is 59.2 Å². The quantitative estimate of drug-likeness (QED) is 0.332. The van der Waals surface area contributed by atoms with Crippen molar-refractivity contribution < 1.29 is 18.8 Å². The highest BCUT2D eigenvalue weighted by Crippen LogP contribution is 2.36. The van der Waals surface area contributed by atoms with E-state index >= 15 is 0 Å². The van der Waals surface area contributed by atoms with Crippen molar-refractivity contribution >= 4 is 45.2 Å². The lowest BCUT2D eigenvalue weighted by molar-refractivity contribution is 0.0607. The summed E-state index contributed by atoms with van der Waals surface area (Å²) >= 11 is 0. The Bertz CT molecular complexity index is 1610. The minimum atomic E-state index is -0.744. The van der Waals surface area contributed by atoms with Crippen molar-refractivity contribution in [2.75, 3.05) is 31.1 Å². The van der Waals surface area contributed by atoms with Crippen LogP contribution < -0.4 is 15.8 Å². The van der Waals surface area contributed by atoms with Gasteiger partial charge in [-0.25, -0.2) is 4.79 Å². The summed E-state index contributed by atoms with van der Waals surface area (Å²) in [7, 11) is 0. The minimum Gasteiger partial charge on any atom is -0.422 e. The lowest BCUT2D eigenvalue weighted by Gasteiger charge is -2.32. The topological polar surface area (TPSA) is 99.9 Å². The summed E-state index contributed by atoms with van der Waals surface area (Å²) < 4.78 is 5.23. The van der Waals surface area contributed by atoms with Crippen LogP contribution in [0, 0.1) is 0 Å². The van der Waals surface area contributed by atoms with E-state index in [1.54, 1.807) is 36.4 Å². The maximum Gasteiger partial charge on any atom is 0.349 e. The highest BCUT2D eigenvalue weighted by molar-refractivity contribution is 6.26. The van der Waals surface area contributed by atoms with Crippen LogP contribution in [-0.2, 0) is 0 Å². The standard InChI is InChI=1S/C29H25N3O5/c33-26(22-17-18-7-2-3-10-24(18)37-29(22)36)30-13-16-32-27(34)20-9-6-8-19-23(31-14-4-1-5-15-31)12-11-21(25(19)20)28(32)35/h2-3,6-12,17H,1,4-5,13-16H2,(H,30,33). The first-order chi connectivity index (χ1) is 18.0. The van der Waals surface area contributed by atoms with Crippen LogP contribution in [-0.4, -0.2) is 48.8 Å². The summed E-state index contributed by atoms with van der Waals surface area (Å²) in [6, 6.07) is 17.7. The van der Waals surface area contributed by atoms with Crippen molar-refractivity contribution in [3.63, 3.8) is 0 Å². The van der Waals surface area contributed by atoms with E-state index in [4.69, 9.17) is 4.42 Å². The number of fused-ring (bicyclic) bond motifs is 1. The van der Waals surface area contributed by atoms with Crippen molar-refractivity contribution in [1.29, 1.82) is 0 Å². The Morgan fingerprint density at radius 3 is 2.43 bits per heavy atom. The van der Waals surface area contributed by atoms with E-state index in [-0.39, 0.29) is 18.7 Å². The minimum absolute atomic E-state index is 0.000247. The van der Waals surface area contributed by atoms with E-state index in [1.165, 1.54) is 12.5 Å². The number of nitrogens with zero attached hydrogens (tertiary/aromatic N) is 2. The Labute approximate surface area is 212 Å². The molecule has 0 radical (unpaired) electrons. The molecular formula is C29H25N3O5. The summed E-state index contributed by atoms with van der Waals surface area (Å²) in [6.45, 7) is 1.90. The second-order valence-corrected chi connectivity index (χ2v) is 9.41. The summed E-state index contributed by atoms with van der Waals surface area (Å²) in [6.07, 6.45) is 3.47. The zero-order valence-corrected chi connectivity index (χ0v) is 20.2. The molecule has 37 heavy (non-hydrogen) atoms. The van der Waals surface area contributed by atoms with Gasteiger partial charge in [-0.05, 0) is 49.6 Å². The Morgan fingerprint density at radius 1 is 0.865 bits per heavy atom. The smallest absolute Gasteiger partial charge is 0.349 e. The van der Waals surface area contributed by atoms with Gasteiger partial charge >= 0.3 is 5.63 Å². The molecule has 1 saturated heterocycles. The number of hydrogen-bond acceptors (Lipinski definition) is 6. The zero-order chi connectivity index (χ0) is 25.5. The molecule has 0 saturated carbocycles. The zero-order valence-electron chi connectivity index (χ0n) is 20.2. The highest BCUT2D eigenvalue weighted by Gasteiger charge is 2.33. The van der Waals surface area contributed by atoms with Gasteiger partial charge in [0.15, 0.2) is 0 Å². The fraction of sp³-hybridized carbons (Fsp3) is 0.241. The van der Waals surface area contributed by atoms with Gasteiger partial charge in [-0.15, -0.1) is 0 Å². The first-order valence-electron chi connectivity index (χ1n) is 12.5. The number of carbonyl (C=O) groups excluding carboxylic acids is 3. The third kappa shape index (κ3) is 3.94. The maximum atomic E-state index is 13.4.